The van der Waals surface area contributed by atoms with Crippen LogP contribution in [0.3, 0.4) is 0 Å². The minimum atomic E-state index is -0.191. The minimum absolute atomic E-state index is 0.00339. The minimum Gasteiger partial charge on any atom is -0.486 e. The number of para-hydroxylation sites is 1. The summed E-state index contributed by atoms with van der Waals surface area (Å²) in [6.45, 7) is 6.21. The molecule has 0 saturated carbocycles. The van der Waals surface area contributed by atoms with Crippen LogP contribution >= 0.6 is 12.2 Å². The number of aromatic nitrogens is 3. The first-order chi connectivity index (χ1) is 15.9. The normalized spacial score (nSPS) is 10.8. The lowest BCUT2D eigenvalue weighted by Gasteiger charge is -2.09. The first-order valence-corrected chi connectivity index (χ1v) is 11.1. The zero-order valence-electron chi connectivity index (χ0n) is 18.9. The average Bonchev–Trinajstić information content (AvgIpc) is 3.11. The number of nitrogens with one attached hydrogen (secondary N) is 1. The largest absolute Gasteiger partial charge is 0.486 e. The SMILES string of the molecule is Cc1ccc(-n2c(COc3ccccc3)nn(CC(=O)Nc3cc(C)ccc3C)c2=S)cc1. The number of carbonyl (C=O) groups excluding carboxylic acids is 1. The summed E-state index contributed by atoms with van der Waals surface area (Å²) in [5, 5.41) is 7.61. The van der Waals surface area contributed by atoms with Gasteiger partial charge in [-0.25, -0.2) is 4.68 Å². The van der Waals surface area contributed by atoms with Gasteiger partial charge in [-0.15, -0.1) is 0 Å². The molecule has 3 aromatic carbocycles. The first kappa shape index (κ1) is 22.5. The zero-order valence-corrected chi connectivity index (χ0v) is 19.7. The maximum Gasteiger partial charge on any atom is 0.246 e. The summed E-state index contributed by atoms with van der Waals surface area (Å²) >= 11 is 5.72. The molecule has 0 bridgehead atoms. The second-order valence-electron chi connectivity index (χ2n) is 8.00. The third-order valence-electron chi connectivity index (χ3n) is 5.27. The van der Waals surface area contributed by atoms with E-state index in [1.807, 2.05) is 98.1 Å². The highest BCUT2D eigenvalue weighted by atomic mass is 32.1. The third kappa shape index (κ3) is 5.38. The van der Waals surface area contributed by atoms with E-state index in [0.717, 1.165) is 33.8 Å². The molecular weight excluding hydrogens is 432 g/mol. The van der Waals surface area contributed by atoms with Crippen molar-refractivity contribution in [1.82, 2.24) is 14.3 Å². The highest BCUT2D eigenvalue weighted by molar-refractivity contribution is 7.71. The fourth-order valence-corrected chi connectivity index (χ4v) is 3.78. The standard InChI is InChI=1S/C26H26N4O2S/c1-18-10-13-21(14-11-18)30-24(17-32-22-7-5-4-6-8-22)28-29(26(30)33)16-25(31)27-23-15-19(2)9-12-20(23)3/h4-15H,16-17H2,1-3H3,(H,27,31). The number of aryl methyl sites for hydroxylation is 3. The number of carbonyl (C=O) groups is 1. The molecule has 0 radical (unpaired) electrons. The van der Waals surface area contributed by atoms with Crippen LogP contribution in [0.4, 0.5) is 5.69 Å². The Morgan fingerprint density at radius 1 is 0.970 bits per heavy atom. The second kappa shape index (κ2) is 9.83. The van der Waals surface area contributed by atoms with Crippen molar-refractivity contribution in [2.24, 2.45) is 0 Å². The fraction of sp³-hybridized carbons (Fsp3) is 0.192. The van der Waals surface area contributed by atoms with Gasteiger partial charge >= 0.3 is 0 Å². The van der Waals surface area contributed by atoms with Crippen molar-refractivity contribution in [1.29, 1.82) is 0 Å². The summed E-state index contributed by atoms with van der Waals surface area (Å²) in [4.78, 5) is 12.8. The number of rotatable bonds is 7. The van der Waals surface area contributed by atoms with Gasteiger partial charge in [-0.3, -0.25) is 9.36 Å². The summed E-state index contributed by atoms with van der Waals surface area (Å²) < 4.78 is 9.76. The monoisotopic (exact) mass is 458 g/mol. The molecule has 0 saturated heterocycles. The van der Waals surface area contributed by atoms with E-state index in [1.165, 1.54) is 0 Å². The Balaban J connectivity index is 1.62. The lowest BCUT2D eigenvalue weighted by atomic mass is 10.1. The van der Waals surface area contributed by atoms with Crippen LogP contribution in [-0.4, -0.2) is 20.3 Å². The topological polar surface area (TPSA) is 61.1 Å². The van der Waals surface area contributed by atoms with Gasteiger partial charge in [0.1, 0.15) is 18.9 Å². The Morgan fingerprint density at radius 2 is 1.67 bits per heavy atom. The molecule has 0 spiro atoms. The molecule has 1 amide bonds. The first-order valence-electron chi connectivity index (χ1n) is 10.7. The summed E-state index contributed by atoms with van der Waals surface area (Å²) in [7, 11) is 0. The number of hydrogen-bond donors (Lipinski definition) is 1. The molecule has 4 aromatic rings. The Labute approximate surface area is 198 Å². The number of nitrogens with zero attached hydrogens (tertiary/aromatic N) is 3. The van der Waals surface area contributed by atoms with Crippen molar-refractivity contribution in [2.45, 2.75) is 33.9 Å². The molecule has 33 heavy (non-hydrogen) atoms. The van der Waals surface area contributed by atoms with Gasteiger partial charge < -0.3 is 10.1 Å². The maximum absolute atomic E-state index is 12.8. The molecule has 0 atom stereocenters. The number of benzene rings is 3. The van der Waals surface area contributed by atoms with E-state index in [4.69, 9.17) is 17.0 Å². The van der Waals surface area contributed by atoms with E-state index < -0.39 is 0 Å². The number of hydrogen-bond acceptors (Lipinski definition) is 4. The maximum atomic E-state index is 12.8. The Hall–Kier alpha value is -3.71. The van der Waals surface area contributed by atoms with Crippen LogP contribution in [0.25, 0.3) is 5.69 Å². The second-order valence-corrected chi connectivity index (χ2v) is 8.36. The van der Waals surface area contributed by atoms with E-state index in [-0.39, 0.29) is 19.1 Å². The zero-order chi connectivity index (χ0) is 23.4. The average molecular weight is 459 g/mol. The number of anilines is 1. The molecule has 1 N–H and O–H groups in total. The van der Waals surface area contributed by atoms with Crippen molar-refractivity contribution in [2.75, 3.05) is 5.32 Å². The molecule has 4 rings (SSSR count). The van der Waals surface area contributed by atoms with Crippen LogP contribution in [-0.2, 0) is 17.9 Å². The van der Waals surface area contributed by atoms with Crippen molar-refractivity contribution < 1.29 is 9.53 Å². The van der Waals surface area contributed by atoms with Gasteiger partial charge in [0, 0.05) is 11.4 Å². The highest BCUT2D eigenvalue weighted by Crippen LogP contribution is 2.18. The molecule has 1 aromatic heterocycles. The highest BCUT2D eigenvalue weighted by Gasteiger charge is 2.16. The van der Waals surface area contributed by atoms with E-state index >= 15 is 0 Å². The molecular formula is C26H26N4O2S. The predicted octanol–water partition coefficient (Wildman–Crippen LogP) is 5.55. The molecule has 0 aliphatic carbocycles. The third-order valence-corrected chi connectivity index (χ3v) is 5.66. The summed E-state index contributed by atoms with van der Waals surface area (Å²) in [5.41, 5.74) is 4.89. The van der Waals surface area contributed by atoms with Crippen molar-refractivity contribution in [3.05, 3.63) is 100 Å². The van der Waals surface area contributed by atoms with Gasteiger partial charge in [0.05, 0.1) is 0 Å². The van der Waals surface area contributed by atoms with Gasteiger partial charge in [0.15, 0.2) is 5.82 Å². The van der Waals surface area contributed by atoms with Crippen LogP contribution in [0.15, 0.2) is 72.8 Å². The number of ether oxygens (including phenoxy) is 1. The van der Waals surface area contributed by atoms with Crippen LogP contribution in [0.5, 0.6) is 5.75 Å². The lowest BCUT2D eigenvalue weighted by molar-refractivity contribution is -0.116. The van der Waals surface area contributed by atoms with Gasteiger partial charge in [-0.1, -0.05) is 48.0 Å². The van der Waals surface area contributed by atoms with Gasteiger partial charge in [0.2, 0.25) is 10.7 Å². The summed E-state index contributed by atoms with van der Waals surface area (Å²) in [6.07, 6.45) is 0. The molecule has 0 fully saturated rings. The van der Waals surface area contributed by atoms with Gasteiger partial charge in [-0.2, -0.15) is 5.10 Å². The van der Waals surface area contributed by atoms with Crippen LogP contribution in [0.2, 0.25) is 0 Å². The summed E-state index contributed by atoms with van der Waals surface area (Å²) in [6, 6.07) is 23.5. The van der Waals surface area contributed by atoms with Crippen LogP contribution in [0.1, 0.15) is 22.5 Å². The summed E-state index contributed by atoms with van der Waals surface area (Å²) in [5.74, 6) is 1.16. The molecule has 0 unspecified atom stereocenters. The molecule has 7 heteroatoms. The lowest BCUT2D eigenvalue weighted by Crippen LogP contribution is -2.20. The van der Waals surface area contributed by atoms with Crippen LogP contribution in [0, 0.1) is 25.5 Å². The molecule has 168 valence electrons. The Bertz CT molecular complexity index is 1320. The van der Waals surface area contributed by atoms with E-state index in [9.17, 15) is 4.79 Å². The quantitative estimate of drug-likeness (QED) is 0.369. The molecule has 0 aliphatic rings. The number of amides is 1. The van der Waals surface area contributed by atoms with Gasteiger partial charge in [-0.05, 0) is 74.4 Å². The predicted molar refractivity (Wildman–Crippen MR) is 132 cm³/mol. The Morgan fingerprint density at radius 3 is 2.39 bits per heavy atom. The van der Waals surface area contributed by atoms with E-state index in [0.29, 0.717) is 10.6 Å². The van der Waals surface area contributed by atoms with Crippen LogP contribution < -0.4 is 10.1 Å². The Kier molecular flexibility index (Phi) is 6.70. The van der Waals surface area contributed by atoms with Gasteiger partial charge in [0.25, 0.3) is 0 Å². The molecule has 6 nitrogen and oxygen atoms in total. The van der Waals surface area contributed by atoms with Crippen molar-refractivity contribution in [3.8, 4) is 11.4 Å². The van der Waals surface area contributed by atoms with E-state index in [2.05, 4.69) is 10.4 Å². The smallest absolute Gasteiger partial charge is 0.246 e. The fourth-order valence-electron chi connectivity index (χ4n) is 3.46. The molecule has 0 aliphatic heterocycles. The molecule has 1 heterocycles. The van der Waals surface area contributed by atoms with Crippen molar-refractivity contribution >= 4 is 23.8 Å². The van der Waals surface area contributed by atoms with Crippen molar-refractivity contribution in [3.63, 3.8) is 0 Å². The van der Waals surface area contributed by atoms with E-state index in [1.54, 1.807) is 4.68 Å².